The summed E-state index contributed by atoms with van der Waals surface area (Å²) in [5.74, 6) is 3.05. The van der Waals surface area contributed by atoms with Crippen LogP contribution >= 0.6 is 0 Å². The van der Waals surface area contributed by atoms with Crippen molar-refractivity contribution in [3.63, 3.8) is 0 Å². The second-order valence-corrected chi connectivity index (χ2v) is 7.86. The zero-order valence-corrected chi connectivity index (χ0v) is 13.9. The molecule has 0 amide bonds. The molecule has 4 nitrogen and oxygen atoms in total. The van der Waals surface area contributed by atoms with Crippen molar-refractivity contribution in [2.75, 3.05) is 6.54 Å². The second-order valence-electron chi connectivity index (χ2n) is 7.86. The maximum atomic E-state index is 4.63. The molecule has 1 saturated carbocycles. The van der Waals surface area contributed by atoms with Crippen molar-refractivity contribution in [2.24, 2.45) is 5.41 Å². The Morgan fingerprint density at radius 3 is 2.24 bits per heavy atom. The second kappa shape index (κ2) is 6.07. The number of aromatic nitrogens is 3. The molecule has 0 aromatic carbocycles. The van der Waals surface area contributed by atoms with Crippen molar-refractivity contribution in [3.8, 4) is 0 Å². The third-order valence-electron chi connectivity index (χ3n) is 5.09. The van der Waals surface area contributed by atoms with Gasteiger partial charge in [0.05, 0.1) is 6.04 Å². The van der Waals surface area contributed by atoms with Gasteiger partial charge >= 0.3 is 0 Å². The standard InChI is InChI=1S/C17H30N4/c1-17(2,3)14-16-20-19-15(21(16)12-11-18-14)13-9-7-5-4-6-8-10-13/h13-14,18H,4-12H2,1-3H3. The first-order valence-electron chi connectivity index (χ1n) is 8.74. The molecular formula is C17H30N4. The fourth-order valence-electron chi connectivity index (χ4n) is 3.89. The fourth-order valence-corrected chi connectivity index (χ4v) is 3.89. The van der Waals surface area contributed by atoms with Crippen LogP contribution in [0.1, 0.15) is 89.3 Å². The molecule has 1 aliphatic carbocycles. The highest BCUT2D eigenvalue weighted by Crippen LogP contribution is 2.36. The molecular weight excluding hydrogens is 260 g/mol. The molecule has 2 aliphatic rings. The van der Waals surface area contributed by atoms with Crippen molar-refractivity contribution in [1.82, 2.24) is 20.1 Å². The van der Waals surface area contributed by atoms with E-state index in [1.54, 1.807) is 0 Å². The highest BCUT2D eigenvalue weighted by Gasteiger charge is 2.34. The van der Waals surface area contributed by atoms with Gasteiger partial charge in [0.2, 0.25) is 0 Å². The zero-order chi connectivity index (χ0) is 14.9. The van der Waals surface area contributed by atoms with Gasteiger partial charge in [-0.05, 0) is 18.3 Å². The summed E-state index contributed by atoms with van der Waals surface area (Å²) in [6, 6.07) is 0.320. The predicted molar refractivity (Wildman–Crippen MR) is 85.3 cm³/mol. The van der Waals surface area contributed by atoms with E-state index >= 15 is 0 Å². The average molecular weight is 290 g/mol. The lowest BCUT2D eigenvalue weighted by Crippen LogP contribution is -2.41. The first-order chi connectivity index (χ1) is 10.1. The maximum absolute atomic E-state index is 4.63. The Morgan fingerprint density at radius 2 is 1.57 bits per heavy atom. The number of hydrogen-bond acceptors (Lipinski definition) is 3. The zero-order valence-electron chi connectivity index (χ0n) is 13.9. The van der Waals surface area contributed by atoms with E-state index in [9.17, 15) is 0 Å². The lowest BCUT2D eigenvalue weighted by atomic mass is 9.85. The maximum Gasteiger partial charge on any atom is 0.150 e. The molecule has 0 bridgehead atoms. The largest absolute Gasteiger partial charge is 0.312 e. The van der Waals surface area contributed by atoms with E-state index < -0.39 is 0 Å². The van der Waals surface area contributed by atoms with Gasteiger partial charge in [0, 0.05) is 19.0 Å². The summed E-state index contributed by atoms with van der Waals surface area (Å²) in [6.45, 7) is 8.91. The number of rotatable bonds is 1. The van der Waals surface area contributed by atoms with Gasteiger partial charge in [-0.15, -0.1) is 10.2 Å². The molecule has 2 heterocycles. The Labute approximate surface area is 128 Å². The van der Waals surface area contributed by atoms with Crippen LogP contribution in [0.25, 0.3) is 0 Å². The Bertz CT molecular complexity index is 464. The Kier molecular flexibility index (Phi) is 4.34. The SMILES string of the molecule is CC(C)(C)C1NCCn2c(C3CCCCCCC3)nnc21. The summed E-state index contributed by atoms with van der Waals surface area (Å²) in [6.07, 6.45) is 9.51. The van der Waals surface area contributed by atoms with Gasteiger partial charge in [0.25, 0.3) is 0 Å². The van der Waals surface area contributed by atoms with Gasteiger partial charge in [0.1, 0.15) is 5.82 Å². The Hall–Kier alpha value is -0.900. The van der Waals surface area contributed by atoms with Gasteiger partial charge in [-0.1, -0.05) is 52.9 Å². The van der Waals surface area contributed by atoms with E-state index in [0.29, 0.717) is 12.0 Å². The molecule has 4 heteroatoms. The minimum Gasteiger partial charge on any atom is -0.312 e. The molecule has 1 aromatic rings. The van der Waals surface area contributed by atoms with Crippen molar-refractivity contribution in [2.45, 2.75) is 84.2 Å². The van der Waals surface area contributed by atoms with Gasteiger partial charge in [-0.3, -0.25) is 0 Å². The van der Waals surface area contributed by atoms with Gasteiger partial charge < -0.3 is 9.88 Å². The number of fused-ring (bicyclic) bond motifs is 1. The molecule has 0 spiro atoms. The highest BCUT2D eigenvalue weighted by molar-refractivity contribution is 5.10. The first-order valence-corrected chi connectivity index (χ1v) is 8.74. The van der Waals surface area contributed by atoms with Gasteiger partial charge in [-0.2, -0.15) is 0 Å². The lowest BCUT2D eigenvalue weighted by Gasteiger charge is -2.35. The van der Waals surface area contributed by atoms with Crippen LogP contribution < -0.4 is 5.32 Å². The molecule has 1 unspecified atom stereocenters. The average Bonchev–Trinajstić information content (AvgIpc) is 2.81. The topological polar surface area (TPSA) is 42.7 Å². The summed E-state index contributed by atoms with van der Waals surface area (Å²) in [5, 5.41) is 12.8. The Morgan fingerprint density at radius 1 is 0.952 bits per heavy atom. The molecule has 118 valence electrons. The van der Waals surface area contributed by atoms with Crippen LogP contribution in [-0.4, -0.2) is 21.3 Å². The first kappa shape index (κ1) is 15.0. The van der Waals surface area contributed by atoms with E-state index in [4.69, 9.17) is 0 Å². The van der Waals surface area contributed by atoms with Crippen molar-refractivity contribution in [3.05, 3.63) is 11.6 Å². The molecule has 21 heavy (non-hydrogen) atoms. The van der Waals surface area contributed by atoms with E-state index in [1.807, 2.05) is 0 Å². The van der Waals surface area contributed by atoms with E-state index in [1.165, 1.54) is 50.8 Å². The molecule has 3 rings (SSSR count). The fraction of sp³-hybridized carbons (Fsp3) is 0.882. The summed E-state index contributed by atoms with van der Waals surface area (Å²) >= 11 is 0. The summed E-state index contributed by atoms with van der Waals surface area (Å²) in [5.41, 5.74) is 0.184. The van der Waals surface area contributed by atoms with Crippen LogP contribution in [0.15, 0.2) is 0 Å². The minimum atomic E-state index is 0.184. The third-order valence-corrected chi connectivity index (χ3v) is 5.09. The van der Waals surface area contributed by atoms with E-state index in [-0.39, 0.29) is 5.41 Å². The molecule has 1 N–H and O–H groups in total. The van der Waals surface area contributed by atoms with E-state index in [0.717, 1.165) is 18.9 Å². The predicted octanol–water partition coefficient (Wildman–Crippen LogP) is 3.80. The van der Waals surface area contributed by atoms with Crippen LogP contribution in [0.3, 0.4) is 0 Å². The number of nitrogens with zero attached hydrogens (tertiary/aromatic N) is 3. The monoisotopic (exact) mass is 290 g/mol. The normalized spacial score (nSPS) is 25.2. The molecule has 0 saturated heterocycles. The molecule has 1 aliphatic heterocycles. The molecule has 1 aromatic heterocycles. The molecule has 0 radical (unpaired) electrons. The van der Waals surface area contributed by atoms with Crippen LogP contribution in [0, 0.1) is 5.41 Å². The smallest absolute Gasteiger partial charge is 0.150 e. The van der Waals surface area contributed by atoms with E-state index in [2.05, 4.69) is 40.9 Å². The number of hydrogen-bond donors (Lipinski definition) is 1. The van der Waals surface area contributed by atoms with Crippen LogP contribution in [0.5, 0.6) is 0 Å². The van der Waals surface area contributed by atoms with Crippen LogP contribution in [0.2, 0.25) is 0 Å². The van der Waals surface area contributed by atoms with Crippen LogP contribution in [0.4, 0.5) is 0 Å². The van der Waals surface area contributed by atoms with Crippen LogP contribution in [-0.2, 0) is 6.54 Å². The summed E-state index contributed by atoms with van der Waals surface area (Å²) in [4.78, 5) is 0. The lowest BCUT2D eigenvalue weighted by molar-refractivity contribution is 0.230. The van der Waals surface area contributed by atoms with Gasteiger partial charge in [0.15, 0.2) is 5.82 Å². The Balaban J connectivity index is 1.86. The quantitative estimate of drug-likeness (QED) is 0.855. The summed E-state index contributed by atoms with van der Waals surface area (Å²) < 4.78 is 2.43. The molecule has 1 fully saturated rings. The minimum absolute atomic E-state index is 0.184. The highest BCUT2D eigenvalue weighted by atomic mass is 15.3. The molecule has 1 atom stereocenters. The van der Waals surface area contributed by atoms with Crippen molar-refractivity contribution < 1.29 is 0 Å². The third kappa shape index (κ3) is 3.15. The van der Waals surface area contributed by atoms with Gasteiger partial charge in [-0.25, -0.2) is 0 Å². The number of nitrogens with one attached hydrogen (secondary N) is 1. The summed E-state index contributed by atoms with van der Waals surface area (Å²) in [7, 11) is 0. The van der Waals surface area contributed by atoms with Crippen molar-refractivity contribution in [1.29, 1.82) is 0 Å². The van der Waals surface area contributed by atoms with Crippen molar-refractivity contribution >= 4 is 0 Å².